The first-order chi connectivity index (χ1) is 23.5. The number of aliphatic hydroxyl groups excluding tert-OH is 1. The average Bonchev–Trinajstić information content (AvgIpc) is 3.11. The fourth-order valence-electron chi connectivity index (χ4n) is 8.16. The predicted molar refractivity (Wildman–Crippen MR) is 197 cm³/mol. The molecule has 6 nitrogen and oxygen atoms in total. The van der Waals surface area contributed by atoms with Crippen LogP contribution in [0.3, 0.4) is 0 Å². The number of hydrogen-bond acceptors (Lipinski definition) is 6. The van der Waals surface area contributed by atoms with Crippen LogP contribution in [0, 0.1) is 17.8 Å². The monoisotopic (exact) mass is 698 g/mol. The Balaban J connectivity index is 1.41. The molecule has 0 bridgehead atoms. The molecule has 1 aliphatic heterocycles. The lowest BCUT2D eigenvalue weighted by Crippen LogP contribution is -2.68. The summed E-state index contributed by atoms with van der Waals surface area (Å²) in [6, 6.07) is 39.7. The van der Waals surface area contributed by atoms with Crippen molar-refractivity contribution in [2.75, 3.05) is 19.0 Å². The highest BCUT2D eigenvalue weighted by molar-refractivity contribution is 7.91. The van der Waals surface area contributed by atoms with Gasteiger partial charge in [0.15, 0.2) is 16.1 Å². The van der Waals surface area contributed by atoms with E-state index in [2.05, 4.69) is 76.2 Å². The van der Waals surface area contributed by atoms with Crippen LogP contribution in [0.2, 0.25) is 5.04 Å². The van der Waals surface area contributed by atoms with Crippen LogP contribution in [0.25, 0.3) is 0 Å². The lowest BCUT2D eigenvalue weighted by molar-refractivity contribution is -0.322. The molecule has 1 heterocycles. The summed E-state index contributed by atoms with van der Waals surface area (Å²) in [7, 11) is -6.44. The SMILES string of the molecule is C[C@H]1C[C@@H](CO[Si](c2ccccc2)(c2ccccc2)C(C)(C)C)[C@]2(C[C@@H]1O)O[C@@H](c1ccccc1)OC[C@@H]2CCS(=O)(=O)c1ccccc1. The zero-order valence-electron chi connectivity index (χ0n) is 29.1. The Labute approximate surface area is 293 Å². The van der Waals surface area contributed by atoms with Crippen LogP contribution < -0.4 is 10.4 Å². The number of benzene rings is 4. The summed E-state index contributed by atoms with van der Waals surface area (Å²) >= 11 is 0. The van der Waals surface area contributed by atoms with E-state index in [1.807, 2.05) is 48.5 Å². The van der Waals surface area contributed by atoms with Gasteiger partial charge in [0.05, 0.1) is 29.0 Å². The molecule has 1 N–H and O–H groups in total. The number of hydrogen-bond donors (Lipinski definition) is 1. The molecule has 1 aliphatic carbocycles. The first-order valence-corrected chi connectivity index (χ1v) is 21.1. The van der Waals surface area contributed by atoms with Crippen LogP contribution in [0.5, 0.6) is 0 Å². The van der Waals surface area contributed by atoms with E-state index in [4.69, 9.17) is 13.9 Å². The van der Waals surface area contributed by atoms with Gasteiger partial charge in [-0.1, -0.05) is 137 Å². The van der Waals surface area contributed by atoms with Crippen LogP contribution >= 0.6 is 0 Å². The second-order valence-electron chi connectivity index (χ2n) is 14.9. The molecule has 2 fully saturated rings. The Morgan fingerprint density at radius 1 is 0.816 bits per heavy atom. The number of aliphatic hydroxyl groups is 1. The van der Waals surface area contributed by atoms with Gasteiger partial charge in [-0.15, -0.1) is 0 Å². The Morgan fingerprint density at radius 2 is 1.35 bits per heavy atom. The summed E-state index contributed by atoms with van der Waals surface area (Å²) in [6.45, 7) is 9.65. The summed E-state index contributed by atoms with van der Waals surface area (Å²) < 4.78 is 48.2. The average molecular weight is 699 g/mol. The minimum Gasteiger partial charge on any atom is -0.407 e. The van der Waals surface area contributed by atoms with Gasteiger partial charge in [-0.25, -0.2) is 8.42 Å². The van der Waals surface area contributed by atoms with E-state index in [-0.39, 0.29) is 28.5 Å². The van der Waals surface area contributed by atoms with Crippen molar-refractivity contribution < 1.29 is 27.4 Å². The zero-order valence-corrected chi connectivity index (χ0v) is 30.9. The molecule has 0 amide bonds. The van der Waals surface area contributed by atoms with Gasteiger partial charge >= 0.3 is 0 Å². The van der Waals surface area contributed by atoms with Gasteiger partial charge in [0.25, 0.3) is 8.32 Å². The van der Waals surface area contributed by atoms with E-state index < -0.39 is 36.1 Å². The smallest absolute Gasteiger partial charge is 0.261 e. The molecule has 1 saturated heterocycles. The molecule has 8 heteroatoms. The fraction of sp³-hybridized carbons (Fsp3) is 0.415. The van der Waals surface area contributed by atoms with E-state index in [0.717, 1.165) is 5.56 Å². The third kappa shape index (κ3) is 7.23. The van der Waals surface area contributed by atoms with Gasteiger partial charge in [-0.3, -0.25) is 0 Å². The van der Waals surface area contributed by atoms with Crippen LogP contribution in [-0.2, 0) is 23.7 Å². The van der Waals surface area contributed by atoms with Gasteiger partial charge in [0.2, 0.25) is 0 Å². The maximum Gasteiger partial charge on any atom is 0.261 e. The standard InChI is InChI=1S/C41H50O6SSi/c1-31-27-34(30-46-49(40(2,3)4,36-21-13-7-14-22-36)37-23-15-8-16-24-37)41(28-38(31)42)33(25-26-48(43,44)35-19-11-6-12-20-35)29-45-39(47-41)32-17-9-5-10-18-32/h5-24,31,33-34,38-39,42H,25-30H2,1-4H3/t31-,33-,34-,38-,39-,41+/m0/s1. The van der Waals surface area contributed by atoms with Crippen molar-refractivity contribution >= 4 is 28.5 Å². The molecule has 4 aromatic rings. The largest absolute Gasteiger partial charge is 0.407 e. The summed E-state index contributed by atoms with van der Waals surface area (Å²) in [6.07, 6.45) is 0.162. The summed E-state index contributed by atoms with van der Waals surface area (Å²) in [4.78, 5) is 0.313. The molecule has 2 aliphatic rings. The molecule has 1 spiro atoms. The molecule has 6 rings (SSSR count). The van der Waals surface area contributed by atoms with Crippen molar-refractivity contribution in [2.24, 2.45) is 17.8 Å². The summed E-state index contributed by atoms with van der Waals surface area (Å²) in [5.74, 6) is -0.415. The van der Waals surface area contributed by atoms with Crippen molar-refractivity contribution in [2.45, 2.75) is 74.9 Å². The molecule has 260 valence electrons. The molecule has 0 radical (unpaired) electrons. The van der Waals surface area contributed by atoms with E-state index >= 15 is 0 Å². The minimum atomic E-state index is -3.55. The van der Waals surface area contributed by atoms with Crippen molar-refractivity contribution in [3.63, 3.8) is 0 Å². The topological polar surface area (TPSA) is 82.1 Å². The Morgan fingerprint density at radius 3 is 1.90 bits per heavy atom. The summed E-state index contributed by atoms with van der Waals surface area (Å²) in [5.41, 5.74) is 0.0273. The number of rotatable bonds is 10. The number of sulfone groups is 1. The van der Waals surface area contributed by atoms with E-state index in [0.29, 0.717) is 37.4 Å². The minimum absolute atomic E-state index is 0.0219. The Kier molecular flexibility index (Phi) is 10.7. The van der Waals surface area contributed by atoms with Crippen molar-refractivity contribution in [1.29, 1.82) is 0 Å². The zero-order chi connectivity index (χ0) is 34.7. The van der Waals surface area contributed by atoms with E-state index in [1.54, 1.807) is 24.3 Å². The lowest BCUT2D eigenvalue weighted by Gasteiger charge is -2.56. The molecular formula is C41H50O6SSi. The van der Waals surface area contributed by atoms with Crippen LogP contribution in [0.4, 0.5) is 0 Å². The fourth-order valence-corrected chi connectivity index (χ4v) is 14.2. The summed E-state index contributed by atoms with van der Waals surface area (Å²) in [5, 5.41) is 13.7. The van der Waals surface area contributed by atoms with Gasteiger partial charge in [-0.2, -0.15) is 0 Å². The Bertz CT molecular complexity index is 1710. The van der Waals surface area contributed by atoms with Crippen LogP contribution in [-0.4, -0.2) is 52.5 Å². The first-order valence-electron chi connectivity index (χ1n) is 17.5. The van der Waals surface area contributed by atoms with Gasteiger partial charge < -0.3 is 19.0 Å². The second-order valence-corrected chi connectivity index (χ2v) is 21.3. The third-order valence-corrected chi connectivity index (χ3v) is 17.6. The molecule has 0 unspecified atom stereocenters. The van der Waals surface area contributed by atoms with Crippen molar-refractivity contribution in [3.8, 4) is 0 Å². The maximum atomic E-state index is 13.6. The van der Waals surface area contributed by atoms with Crippen molar-refractivity contribution in [1.82, 2.24) is 0 Å². The quantitative estimate of drug-likeness (QED) is 0.181. The third-order valence-electron chi connectivity index (χ3n) is 10.8. The predicted octanol–water partition coefficient (Wildman–Crippen LogP) is 6.93. The van der Waals surface area contributed by atoms with Crippen LogP contribution in [0.1, 0.15) is 58.8 Å². The van der Waals surface area contributed by atoms with Gasteiger partial charge in [0.1, 0.15) is 0 Å². The number of ether oxygens (including phenoxy) is 2. The highest BCUT2D eigenvalue weighted by atomic mass is 32.2. The highest BCUT2D eigenvalue weighted by Crippen LogP contribution is 2.52. The van der Waals surface area contributed by atoms with E-state index in [9.17, 15) is 13.5 Å². The van der Waals surface area contributed by atoms with Gasteiger partial charge in [0, 0.05) is 30.4 Å². The molecule has 6 atom stereocenters. The molecule has 4 aromatic carbocycles. The van der Waals surface area contributed by atoms with Crippen LogP contribution in [0.15, 0.2) is 126 Å². The normalized spacial score (nSPS) is 26.4. The maximum absolute atomic E-state index is 13.6. The molecule has 49 heavy (non-hydrogen) atoms. The lowest BCUT2D eigenvalue weighted by atomic mass is 9.63. The highest BCUT2D eigenvalue weighted by Gasteiger charge is 2.57. The molecular weight excluding hydrogens is 649 g/mol. The Hall–Kier alpha value is -3.11. The second kappa shape index (κ2) is 14.6. The first kappa shape index (κ1) is 35.7. The van der Waals surface area contributed by atoms with Crippen molar-refractivity contribution in [3.05, 3.63) is 127 Å². The van der Waals surface area contributed by atoms with Gasteiger partial charge in [-0.05, 0) is 46.3 Å². The van der Waals surface area contributed by atoms with E-state index in [1.165, 1.54) is 10.4 Å². The molecule has 0 aromatic heterocycles. The molecule has 1 saturated carbocycles.